The lowest BCUT2D eigenvalue weighted by Gasteiger charge is -2.30. The van der Waals surface area contributed by atoms with E-state index in [1.54, 1.807) is 30.3 Å². The molecule has 1 amide bonds. The Kier molecular flexibility index (Phi) is 8.91. The molecule has 9 heteroatoms. The third-order valence-corrected chi connectivity index (χ3v) is 6.85. The molecule has 2 atom stereocenters. The van der Waals surface area contributed by atoms with E-state index in [0.29, 0.717) is 29.9 Å². The van der Waals surface area contributed by atoms with Crippen LogP contribution in [0.3, 0.4) is 0 Å². The first kappa shape index (κ1) is 27.5. The number of aliphatic hydroxyl groups is 1. The summed E-state index contributed by atoms with van der Waals surface area (Å²) in [7, 11) is 0. The largest absolute Gasteiger partial charge is 0.494 e. The molecule has 38 heavy (non-hydrogen) atoms. The van der Waals surface area contributed by atoms with Crippen LogP contribution in [0.25, 0.3) is 0 Å². The average molecular weight is 585 g/mol. The van der Waals surface area contributed by atoms with E-state index in [-0.39, 0.29) is 31.0 Å². The second kappa shape index (κ2) is 12.3. The summed E-state index contributed by atoms with van der Waals surface area (Å²) in [4.78, 5) is 18.6. The Bertz CT molecular complexity index is 1330. The number of rotatable bonds is 11. The quantitative estimate of drug-likeness (QED) is 0.226. The van der Waals surface area contributed by atoms with Gasteiger partial charge in [0, 0.05) is 53.2 Å². The Labute approximate surface area is 228 Å². The summed E-state index contributed by atoms with van der Waals surface area (Å²) < 4.78 is 40.3. The van der Waals surface area contributed by atoms with E-state index in [0.717, 1.165) is 16.6 Å². The number of hydrogen-bond donors (Lipinski definition) is 2. The van der Waals surface area contributed by atoms with Crippen LogP contribution in [0.1, 0.15) is 35.6 Å². The lowest BCUT2D eigenvalue weighted by Crippen LogP contribution is -2.48. The standard InChI is InChI=1S/C29H27BrF2N2O4/c1-2-14-29(28(36)33-18-20-8-11-21(31)17-25(20)32)26(23-6-3-4-7-24(23)30)38-27(34-29)19-9-12-22(13-10-19)37-16-5-15-35/h2-4,6-13,17,26,35H,1,5,14-16,18H2,(H,33,36)/t26-,29-/m1/s1. The van der Waals surface area contributed by atoms with E-state index >= 15 is 0 Å². The van der Waals surface area contributed by atoms with Crippen molar-refractivity contribution in [1.29, 1.82) is 0 Å². The first-order chi connectivity index (χ1) is 18.4. The van der Waals surface area contributed by atoms with Crippen molar-refractivity contribution < 1.29 is 28.2 Å². The van der Waals surface area contributed by atoms with Crippen molar-refractivity contribution in [3.8, 4) is 5.75 Å². The molecular weight excluding hydrogens is 558 g/mol. The molecule has 0 saturated heterocycles. The van der Waals surface area contributed by atoms with Crippen LogP contribution in [-0.2, 0) is 16.1 Å². The average Bonchev–Trinajstić information content (AvgIpc) is 3.29. The van der Waals surface area contributed by atoms with E-state index < -0.39 is 29.2 Å². The van der Waals surface area contributed by atoms with Gasteiger partial charge in [-0.25, -0.2) is 13.8 Å². The van der Waals surface area contributed by atoms with Crippen LogP contribution in [0.4, 0.5) is 8.78 Å². The maximum absolute atomic E-state index is 14.2. The van der Waals surface area contributed by atoms with Gasteiger partial charge in [0.2, 0.25) is 5.90 Å². The molecule has 0 spiro atoms. The number of nitrogens with zero attached hydrogens (tertiary/aromatic N) is 1. The number of aliphatic imine (C=N–C) groups is 1. The SMILES string of the molecule is C=CC[C@@]1(C(=O)NCc2ccc(F)cc2F)N=C(c2ccc(OCCCO)cc2)O[C@@H]1c1ccccc1Br. The van der Waals surface area contributed by atoms with Crippen molar-refractivity contribution in [1.82, 2.24) is 5.32 Å². The molecule has 3 aromatic carbocycles. The number of nitrogens with one attached hydrogen (secondary N) is 1. The minimum absolute atomic E-state index is 0.0421. The molecular formula is C29H27BrF2N2O4. The van der Waals surface area contributed by atoms with Gasteiger partial charge < -0.3 is 19.9 Å². The Morgan fingerprint density at radius 1 is 1.18 bits per heavy atom. The lowest BCUT2D eigenvalue weighted by atomic mass is 9.84. The van der Waals surface area contributed by atoms with Gasteiger partial charge in [0.25, 0.3) is 5.91 Å². The van der Waals surface area contributed by atoms with E-state index in [4.69, 9.17) is 19.6 Å². The van der Waals surface area contributed by atoms with Gasteiger partial charge in [0.1, 0.15) is 17.4 Å². The maximum Gasteiger partial charge on any atom is 0.252 e. The van der Waals surface area contributed by atoms with Crippen molar-refractivity contribution in [2.45, 2.75) is 31.0 Å². The molecule has 198 valence electrons. The number of carbonyl (C=O) groups excluding carboxylic acids is 1. The zero-order chi connectivity index (χ0) is 27.1. The van der Waals surface area contributed by atoms with Crippen molar-refractivity contribution in [2.24, 2.45) is 4.99 Å². The van der Waals surface area contributed by atoms with E-state index in [1.165, 1.54) is 6.07 Å². The maximum atomic E-state index is 14.2. The van der Waals surface area contributed by atoms with E-state index in [9.17, 15) is 13.6 Å². The molecule has 3 aromatic rings. The van der Waals surface area contributed by atoms with Gasteiger partial charge in [0.05, 0.1) is 6.61 Å². The van der Waals surface area contributed by atoms with Crippen LogP contribution in [0, 0.1) is 11.6 Å². The lowest BCUT2D eigenvalue weighted by molar-refractivity contribution is -0.129. The van der Waals surface area contributed by atoms with E-state index in [1.807, 2.05) is 24.3 Å². The molecule has 0 aliphatic carbocycles. The number of ether oxygens (including phenoxy) is 2. The van der Waals surface area contributed by atoms with Crippen LogP contribution in [0.2, 0.25) is 0 Å². The summed E-state index contributed by atoms with van der Waals surface area (Å²) in [6, 6.07) is 17.7. The zero-order valence-electron chi connectivity index (χ0n) is 20.5. The zero-order valence-corrected chi connectivity index (χ0v) is 22.1. The molecule has 0 aromatic heterocycles. The molecule has 0 fully saturated rings. The minimum Gasteiger partial charge on any atom is -0.494 e. The highest BCUT2D eigenvalue weighted by atomic mass is 79.9. The molecule has 0 bridgehead atoms. The number of hydrogen-bond acceptors (Lipinski definition) is 5. The molecule has 0 radical (unpaired) electrons. The summed E-state index contributed by atoms with van der Waals surface area (Å²) >= 11 is 3.56. The van der Waals surface area contributed by atoms with Gasteiger partial charge in [-0.15, -0.1) is 6.58 Å². The molecule has 1 aliphatic heterocycles. The van der Waals surface area contributed by atoms with Crippen LogP contribution < -0.4 is 10.1 Å². The number of amides is 1. The van der Waals surface area contributed by atoms with E-state index in [2.05, 4.69) is 27.8 Å². The third kappa shape index (κ3) is 5.95. The summed E-state index contributed by atoms with van der Waals surface area (Å²) in [5.41, 5.74) is 0.0548. The molecule has 1 aliphatic rings. The smallest absolute Gasteiger partial charge is 0.252 e. The Morgan fingerprint density at radius 3 is 2.63 bits per heavy atom. The number of halogens is 3. The van der Waals surface area contributed by atoms with Crippen molar-refractivity contribution in [2.75, 3.05) is 13.2 Å². The monoisotopic (exact) mass is 584 g/mol. The minimum atomic E-state index is -1.44. The highest BCUT2D eigenvalue weighted by Gasteiger charge is 2.52. The molecule has 6 nitrogen and oxygen atoms in total. The highest BCUT2D eigenvalue weighted by Crippen LogP contribution is 2.44. The van der Waals surface area contributed by atoms with Crippen LogP contribution in [0.15, 0.2) is 88.9 Å². The van der Waals surface area contributed by atoms with Crippen LogP contribution >= 0.6 is 15.9 Å². The fourth-order valence-electron chi connectivity index (χ4n) is 4.19. The Morgan fingerprint density at radius 2 is 1.95 bits per heavy atom. The van der Waals surface area contributed by atoms with Gasteiger partial charge in [0.15, 0.2) is 11.6 Å². The fraction of sp³-hybridized carbons (Fsp3) is 0.241. The van der Waals surface area contributed by atoms with Crippen molar-refractivity contribution in [3.05, 3.63) is 112 Å². The predicted octanol–water partition coefficient (Wildman–Crippen LogP) is 5.64. The summed E-state index contributed by atoms with van der Waals surface area (Å²) in [6.45, 7) is 4.11. The summed E-state index contributed by atoms with van der Waals surface area (Å²) in [5, 5.41) is 11.7. The summed E-state index contributed by atoms with van der Waals surface area (Å²) in [6.07, 6.45) is 1.44. The number of carbonyl (C=O) groups is 1. The summed E-state index contributed by atoms with van der Waals surface area (Å²) in [5.74, 6) is -1.05. The molecule has 1 heterocycles. The van der Waals surface area contributed by atoms with Crippen molar-refractivity contribution >= 4 is 27.7 Å². The van der Waals surface area contributed by atoms with Gasteiger partial charge in [-0.3, -0.25) is 4.79 Å². The molecule has 0 unspecified atom stereocenters. The number of aliphatic hydroxyl groups excluding tert-OH is 1. The Hall–Kier alpha value is -3.56. The normalized spacial score (nSPS) is 18.4. The van der Waals surface area contributed by atoms with Crippen LogP contribution in [0.5, 0.6) is 5.75 Å². The van der Waals surface area contributed by atoms with Crippen molar-refractivity contribution in [3.63, 3.8) is 0 Å². The van der Waals surface area contributed by atoms with Gasteiger partial charge in [-0.05, 0) is 36.4 Å². The first-order valence-electron chi connectivity index (χ1n) is 12.1. The third-order valence-electron chi connectivity index (χ3n) is 6.13. The second-order valence-electron chi connectivity index (χ2n) is 8.72. The fourth-order valence-corrected chi connectivity index (χ4v) is 4.69. The molecule has 0 saturated carbocycles. The molecule has 2 N–H and O–H groups in total. The first-order valence-corrected chi connectivity index (χ1v) is 12.9. The van der Waals surface area contributed by atoms with Crippen LogP contribution in [-0.4, -0.2) is 35.7 Å². The van der Waals surface area contributed by atoms with Gasteiger partial charge in [-0.1, -0.05) is 46.3 Å². The number of benzene rings is 3. The topological polar surface area (TPSA) is 80.2 Å². The van der Waals surface area contributed by atoms with Gasteiger partial charge >= 0.3 is 0 Å². The highest BCUT2D eigenvalue weighted by molar-refractivity contribution is 9.10. The van der Waals surface area contributed by atoms with Gasteiger partial charge in [-0.2, -0.15) is 0 Å². The molecule has 4 rings (SSSR count). The predicted molar refractivity (Wildman–Crippen MR) is 144 cm³/mol. The Balaban J connectivity index is 1.68. The second-order valence-corrected chi connectivity index (χ2v) is 9.58.